The molecule has 0 unspecified atom stereocenters. The number of nitrogens with one attached hydrogen (secondary N) is 1. The van der Waals surface area contributed by atoms with Crippen LogP contribution in [0.2, 0.25) is 5.02 Å². The van der Waals surface area contributed by atoms with E-state index in [9.17, 15) is 23.2 Å². The van der Waals surface area contributed by atoms with E-state index in [1.807, 2.05) is 0 Å². The van der Waals surface area contributed by atoms with E-state index in [0.29, 0.717) is 5.56 Å². The Bertz CT molecular complexity index is 1450. The third-order valence-electron chi connectivity index (χ3n) is 4.92. The number of para-hydroxylation sites is 1. The molecule has 1 heterocycles. The van der Waals surface area contributed by atoms with Crippen molar-refractivity contribution in [3.63, 3.8) is 0 Å². The van der Waals surface area contributed by atoms with Crippen LogP contribution in [0.15, 0.2) is 76.3 Å². The topological polar surface area (TPSA) is 73.1 Å². The molecule has 1 N–H and O–H groups in total. The highest BCUT2D eigenvalue weighted by Gasteiger charge is 2.17. The van der Waals surface area contributed by atoms with E-state index in [-0.39, 0.29) is 40.5 Å². The molecule has 32 heavy (non-hydrogen) atoms. The summed E-state index contributed by atoms with van der Waals surface area (Å²) in [5.74, 6) is -1.56. The van der Waals surface area contributed by atoms with Gasteiger partial charge in [-0.2, -0.15) is 0 Å². The van der Waals surface area contributed by atoms with Gasteiger partial charge in [-0.3, -0.25) is 14.2 Å². The van der Waals surface area contributed by atoms with Crippen molar-refractivity contribution >= 4 is 28.4 Å². The maximum Gasteiger partial charge on any atom is 0.336 e. The lowest BCUT2D eigenvalue weighted by atomic mass is 10.2. The summed E-state index contributed by atoms with van der Waals surface area (Å²) in [6.45, 7) is -0.227. The molecule has 0 fully saturated rings. The molecule has 0 aliphatic rings. The average molecular weight is 456 g/mol. The smallest absolute Gasteiger partial charge is 0.336 e. The SMILES string of the molecule is O=C(Cn1c(=O)n(-c2ccc(F)c(Cl)c2)c(=O)c2ccccc21)NCc1ccc(F)cc1. The normalized spacial score (nSPS) is 11.0. The van der Waals surface area contributed by atoms with E-state index in [1.54, 1.807) is 18.2 Å². The van der Waals surface area contributed by atoms with Gasteiger partial charge in [0.1, 0.15) is 18.2 Å². The molecule has 3 aromatic carbocycles. The van der Waals surface area contributed by atoms with Gasteiger partial charge in [0.05, 0.1) is 21.6 Å². The number of carbonyl (C=O) groups excluding carboxylic acids is 1. The zero-order valence-electron chi connectivity index (χ0n) is 16.5. The highest BCUT2D eigenvalue weighted by atomic mass is 35.5. The van der Waals surface area contributed by atoms with Crippen molar-refractivity contribution in [1.29, 1.82) is 0 Å². The third-order valence-corrected chi connectivity index (χ3v) is 5.21. The van der Waals surface area contributed by atoms with Crippen LogP contribution < -0.4 is 16.6 Å². The summed E-state index contributed by atoms with van der Waals surface area (Å²) >= 11 is 5.83. The van der Waals surface area contributed by atoms with Gasteiger partial charge in [-0.25, -0.2) is 18.1 Å². The fourth-order valence-corrected chi connectivity index (χ4v) is 3.50. The highest BCUT2D eigenvalue weighted by molar-refractivity contribution is 6.30. The van der Waals surface area contributed by atoms with Gasteiger partial charge in [-0.1, -0.05) is 35.9 Å². The number of benzene rings is 3. The molecule has 1 aromatic heterocycles. The Kier molecular flexibility index (Phi) is 5.87. The predicted molar refractivity (Wildman–Crippen MR) is 117 cm³/mol. The van der Waals surface area contributed by atoms with Crippen LogP contribution in [0, 0.1) is 11.6 Å². The number of halogens is 3. The van der Waals surface area contributed by atoms with Gasteiger partial charge in [0.2, 0.25) is 5.91 Å². The lowest BCUT2D eigenvalue weighted by Crippen LogP contribution is -2.41. The van der Waals surface area contributed by atoms with Crippen LogP contribution >= 0.6 is 11.6 Å². The first-order valence-electron chi connectivity index (χ1n) is 9.56. The Hall–Kier alpha value is -3.78. The second-order valence-electron chi connectivity index (χ2n) is 7.03. The van der Waals surface area contributed by atoms with Crippen molar-refractivity contribution in [1.82, 2.24) is 14.5 Å². The molecule has 4 rings (SSSR count). The molecule has 0 spiro atoms. The molecular formula is C23H16ClF2N3O3. The van der Waals surface area contributed by atoms with Crippen molar-refractivity contribution < 1.29 is 13.6 Å². The number of hydrogen-bond acceptors (Lipinski definition) is 3. The van der Waals surface area contributed by atoms with E-state index in [4.69, 9.17) is 11.6 Å². The number of carbonyl (C=O) groups is 1. The van der Waals surface area contributed by atoms with E-state index in [0.717, 1.165) is 15.2 Å². The first-order chi connectivity index (χ1) is 15.3. The maximum atomic E-state index is 13.6. The van der Waals surface area contributed by atoms with Gasteiger partial charge in [-0.15, -0.1) is 0 Å². The predicted octanol–water partition coefficient (Wildman–Crippen LogP) is 3.40. The van der Waals surface area contributed by atoms with Crippen molar-refractivity contribution in [2.75, 3.05) is 0 Å². The Morgan fingerprint density at radius 3 is 2.41 bits per heavy atom. The van der Waals surface area contributed by atoms with Crippen LogP contribution in [0.5, 0.6) is 0 Å². The number of hydrogen-bond donors (Lipinski definition) is 1. The van der Waals surface area contributed by atoms with E-state index in [1.165, 1.54) is 42.5 Å². The molecule has 1 amide bonds. The molecule has 0 saturated heterocycles. The zero-order chi connectivity index (χ0) is 22.8. The van der Waals surface area contributed by atoms with Gasteiger partial charge in [-0.05, 0) is 48.0 Å². The quantitative estimate of drug-likeness (QED) is 0.501. The molecule has 162 valence electrons. The van der Waals surface area contributed by atoms with Gasteiger partial charge in [0.15, 0.2) is 0 Å². The summed E-state index contributed by atoms with van der Waals surface area (Å²) in [4.78, 5) is 38.8. The van der Waals surface area contributed by atoms with Crippen molar-refractivity contribution in [3.05, 3.63) is 110 Å². The van der Waals surface area contributed by atoms with E-state index in [2.05, 4.69) is 5.32 Å². The number of aromatic nitrogens is 2. The summed E-state index contributed by atoms with van der Waals surface area (Å²) in [6.07, 6.45) is 0. The monoisotopic (exact) mass is 455 g/mol. The molecule has 0 saturated carbocycles. The first-order valence-corrected chi connectivity index (χ1v) is 9.94. The van der Waals surface area contributed by atoms with Crippen LogP contribution in [0.3, 0.4) is 0 Å². The number of amides is 1. The van der Waals surface area contributed by atoms with Crippen LogP contribution in [-0.2, 0) is 17.9 Å². The van der Waals surface area contributed by atoms with Crippen LogP contribution in [0.1, 0.15) is 5.56 Å². The van der Waals surface area contributed by atoms with Crippen LogP contribution in [0.25, 0.3) is 16.6 Å². The second kappa shape index (κ2) is 8.76. The summed E-state index contributed by atoms with van der Waals surface area (Å²) in [5.41, 5.74) is -0.339. The molecule has 0 aliphatic carbocycles. The number of nitrogens with zero attached hydrogens (tertiary/aromatic N) is 2. The minimum Gasteiger partial charge on any atom is -0.350 e. The van der Waals surface area contributed by atoms with Crippen LogP contribution in [-0.4, -0.2) is 15.0 Å². The summed E-state index contributed by atoms with van der Waals surface area (Å²) in [5, 5.41) is 2.63. The largest absolute Gasteiger partial charge is 0.350 e. The lowest BCUT2D eigenvalue weighted by Gasteiger charge is -2.14. The molecular weight excluding hydrogens is 440 g/mol. The third kappa shape index (κ3) is 4.17. The Balaban J connectivity index is 1.74. The Labute approximate surface area is 185 Å². The fraction of sp³-hybridized carbons (Fsp3) is 0.0870. The molecule has 0 radical (unpaired) electrons. The average Bonchev–Trinajstić information content (AvgIpc) is 2.79. The molecule has 0 atom stereocenters. The van der Waals surface area contributed by atoms with Gasteiger partial charge in [0.25, 0.3) is 5.56 Å². The molecule has 0 bridgehead atoms. The molecule has 6 nitrogen and oxygen atoms in total. The Morgan fingerprint density at radius 1 is 0.969 bits per heavy atom. The van der Waals surface area contributed by atoms with E-state index < -0.39 is 23.0 Å². The second-order valence-corrected chi connectivity index (χ2v) is 7.44. The zero-order valence-corrected chi connectivity index (χ0v) is 17.3. The van der Waals surface area contributed by atoms with Gasteiger partial charge < -0.3 is 5.32 Å². The summed E-state index contributed by atoms with van der Waals surface area (Å²) in [7, 11) is 0. The molecule has 0 aliphatic heterocycles. The highest BCUT2D eigenvalue weighted by Crippen LogP contribution is 2.18. The fourth-order valence-electron chi connectivity index (χ4n) is 3.33. The molecule has 4 aromatic rings. The van der Waals surface area contributed by atoms with Crippen molar-refractivity contribution in [2.45, 2.75) is 13.1 Å². The minimum absolute atomic E-state index is 0.0811. The number of fused-ring (bicyclic) bond motifs is 1. The summed E-state index contributed by atoms with van der Waals surface area (Å²) in [6, 6.07) is 15.5. The molecule has 9 heteroatoms. The lowest BCUT2D eigenvalue weighted by molar-refractivity contribution is -0.121. The maximum absolute atomic E-state index is 13.6. The first kappa shape index (κ1) is 21.5. The standard InChI is InChI=1S/C23H16ClF2N3O3/c24-18-11-16(9-10-19(18)26)29-22(31)17-3-1-2-4-20(17)28(23(29)32)13-21(30)27-12-14-5-7-15(25)8-6-14/h1-11H,12-13H2,(H,27,30). The number of rotatable bonds is 5. The Morgan fingerprint density at radius 2 is 1.69 bits per heavy atom. The van der Waals surface area contributed by atoms with Crippen LogP contribution in [0.4, 0.5) is 8.78 Å². The van der Waals surface area contributed by atoms with Crippen molar-refractivity contribution in [3.8, 4) is 5.69 Å². The van der Waals surface area contributed by atoms with Crippen molar-refractivity contribution in [2.24, 2.45) is 0 Å². The van der Waals surface area contributed by atoms with Gasteiger partial charge in [0, 0.05) is 6.54 Å². The van der Waals surface area contributed by atoms with E-state index >= 15 is 0 Å². The summed E-state index contributed by atoms with van der Waals surface area (Å²) < 4.78 is 28.6. The van der Waals surface area contributed by atoms with Gasteiger partial charge >= 0.3 is 5.69 Å². The minimum atomic E-state index is -0.770.